The molecular formula is C12H15FN2O3. The molecule has 0 aliphatic rings. The van der Waals surface area contributed by atoms with Crippen molar-refractivity contribution in [3.63, 3.8) is 0 Å². The maximum absolute atomic E-state index is 13.7. The molecule has 0 bridgehead atoms. The van der Waals surface area contributed by atoms with Crippen molar-refractivity contribution in [1.29, 1.82) is 0 Å². The fraction of sp³-hybridized carbons (Fsp3) is 0.333. The van der Waals surface area contributed by atoms with Crippen LogP contribution in [0.5, 0.6) is 0 Å². The Bertz CT molecular complexity index is 486. The van der Waals surface area contributed by atoms with E-state index in [1.807, 2.05) is 0 Å². The fourth-order valence-electron chi connectivity index (χ4n) is 1.56. The summed E-state index contributed by atoms with van der Waals surface area (Å²) in [5, 5.41) is 11.5. The number of anilines is 1. The average Bonchev–Trinajstić information content (AvgIpc) is 2.18. The van der Waals surface area contributed by atoms with E-state index in [9.17, 15) is 14.0 Å². The van der Waals surface area contributed by atoms with Crippen molar-refractivity contribution in [2.75, 3.05) is 5.32 Å². The van der Waals surface area contributed by atoms with E-state index in [1.165, 1.54) is 12.1 Å². The lowest BCUT2D eigenvalue weighted by atomic mass is 10.00. The van der Waals surface area contributed by atoms with Gasteiger partial charge < -0.3 is 16.2 Å². The van der Waals surface area contributed by atoms with E-state index in [1.54, 1.807) is 13.8 Å². The largest absolute Gasteiger partial charge is 0.481 e. The quantitative estimate of drug-likeness (QED) is 0.744. The normalized spacial score (nSPS) is 11.1. The molecule has 0 saturated carbocycles. The summed E-state index contributed by atoms with van der Waals surface area (Å²) >= 11 is 0. The minimum Gasteiger partial charge on any atom is -0.481 e. The number of amides is 1. The van der Waals surface area contributed by atoms with E-state index in [2.05, 4.69) is 5.32 Å². The smallest absolute Gasteiger partial charge is 0.305 e. The van der Waals surface area contributed by atoms with Gasteiger partial charge in [0, 0.05) is 11.1 Å². The van der Waals surface area contributed by atoms with Gasteiger partial charge in [-0.2, -0.15) is 0 Å². The van der Waals surface area contributed by atoms with Gasteiger partial charge in [0.05, 0.1) is 12.1 Å². The molecule has 0 unspecified atom stereocenters. The Morgan fingerprint density at radius 1 is 1.44 bits per heavy atom. The van der Waals surface area contributed by atoms with Crippen LogP contribution in [0.15, 0.2) is 18.2 Å². The zero-order chi connectivity index (χ0) is 13.9. The zero-order valence-electron chi connectivity index (χ0n) is 10.2. The van der Waals surface area contributed by atoms with Crippen LogP contribution in [0, 0.1) is 5.82 Å². The number of benzene rings is 1. The maximum Gasteiger partial charge on any atom is 0.305 e. The van der Waals surface area contributed by atoms with Crippen molar-refractivity contribution < 1.29 is 19.1 Å². The summed E-state index contributed by atoms with van der Waals surface area (Å²) in [5.41, 5.74) is 4.41. The van der Waals surface area contributed by atoms with Crippen LogP contribution >= 0.6 is 0 Å². The van der Waals surface area contributed by atoms with E-state index in [-0.39, 0.29) is 17.7 Å². The molecule has 0 heterocycles. The Morgan fingerprint density at radius 3 is 2.50 bits per heavy atom. The van der Waals surface area contributed by atoms with Crippen LogP contribution in [-0.4, -0.2) is 22.5 Å². The van der Waals surface area contributed by atoms with E-state index < -0.39 is 23.2 Å². The molecule has 1 aromatic rings. The number of halogens is 1. The van der Waals surface area contributed by atoms with Crippen LogP contribution in [-0.2, 0) is 4.79 Å². The summed E-state index contributed by atoms with van der Waals surface area (Å²) in [6, 6.07) is 3.76. The number of nitrogens with one attached hydrogen (secondary N) is 1. The minimum absolute atomic E-state index is 0.0640. The second-order valence-corrected chi connectivity index (χ2v) is 4.64. The molecule has 0 radical (unpaired) electrons. The number of aliphatic carboxylic acids is 1. The predicted molar refractivity (Wildman–Crippen MR) is 64.9 cm³/mol. The highest BCUT2D eigenvalue weighted by Gasteiger charge is 2.22. The summed E-state index contributed by atoms with van der Waals surface area (Å²) in [4.78, 5) is 21.5. The third kappa shape index (κ3) is 3.73. The third-order valence-electron chi connectivity index (χ3n) is 2.32. The van der Waals surface area contributed by atoms with Crippen LogP contribution in [0.3, 0.4) is 0 Å². The molecule has 1 rings (SSSR count). The van der Waals surface area contributed by atoms with Crippen LogP contribution in [0.2, 0.25) is 0 Å². The van der Waals surface area contributed by atoms with E-state index in [0.717, 1.165) is 6.07 Å². The van der Waals surface area contributed by atoms with Gasteiger partial charge in [0.1, 0.15) is 5.82 Å². The van der Waals surface area contributed by atoms with Gasteiger partial charge in [0.2, 0.25) is 5.91 Å². The molecule has 5 nitrogen and oxygen atoms in total. The number of rotatable bonds is 5. The van der Waals surface area contributed by atoms with Gasteiger partial charge in [-0.25, -0.2) is 4.39 Å². The standard InChI is InChI=1S/C12H15FN2O3/c1-12(2,6-10(16)17)15-9-4-3-7(11(14)18)5-8(9)13/h3-5,15H,6H2,1-2H3,(H2,14,18)(H,16,17). The SMILES string of the molecule is CC(C)(CC(=O)O)Nc1ccc(C(N)=O)cc1F. The first-order valence-electron chi connectivity index (χ1n) is 5.30. The average molecular weight is 254 g/mol. The number of carbonyl (C=O) groups excluding carboxylic acids is 1. The van der Waals surface area contributed by atoms with Gasteiger partial charge in [-0.1, -0.05) is 0 Å². The topological polar surface area (TPSA) is 92.4 Å². The number of hydrogen-bond donors (Lipinski definition) is 3. The van der Waals surface area contributed by atoms with E-state index in [0.29, 0.717) is 0 Å². The monoisotopic (exact) mass is 254 g/mol. The van der Waals surface area contributed by atoms with Crippen molar-refractivity contribution in [1.82, 2.24) is 0 Å². The van der Waals surface area contributed by atoms with Gasteiger partial charge >= 0.3 is 5.97 Å². The lowest BCUT2D eigenvalue weighted by Gasteiger charge is -2.26. The molecule has 0 saturated heterocycles. The summed E-state index contributed by atoms with van der Waals surface area (Å²) in [7, 11) is 0. The lowest BCUT2D eigenvalue weighted by molar-refractivity contribution is -0.137. The molecule has 1 aromatic carbocycles. The van der Waals surface area contributed by atoms with Crippen molar-refractivity contribution in [3.05, 3.63) is 29.6 Å². The molecule has 0 aliphatic heterocycles. The van der Waals surface area contributed by atoms with Crippen LogP contribution in [0.1, 0.15) is 30.6 Å². The van der Waals surface area contributed by atoms with Gasteiger partial charge in [-0.05, 0) is 32.0 Å². The molecule has 18 heavy (non-hydrogen) atoms. The van der Waals surface area contributed by atoms with Crippen molar-refractivity contribution in [2.24, 2.45) is 5.73 Å². The summed E-state index contributed by atoms with van der Waals surface area (Å²) in [6.07, 6.45) is -0.163. The minimum atomic E-state index is -0.985. The Kier molecular flexibility index (Phi) is 3.90. The summed E-state index contributed by atoms with van der Waals surface area (Å²) in [5.74, 6) is -2.35. The lowest BCUT2D eigenvalue weighted by Crippen LogP contribution is -2.34. The second kappa shape index (κ2) is 5.03. The van der Waals surface area contributed by atoms with E-state index >= 15 is 0 Å². The molecule has 98 valence electrons. The molecule has 0 fully saturated rings. The molecule has 6 heteroatoms. The summed E-state index contributed by atoms with van der Waals surface area (Å²) < 4.78 is 13.7. The number of hydrogen-bond acceptors (Lipinski definition) is 3. The number of carbonyl (C=O) groups is 2. The molecule has 0 atom stereocenters. The third-order valence-corrected chi connectivity index (χ3v) is 2.32. The molecule has 4 N–H and O–H groups in total. The Labute approximate surface area is 104 Å². The van der Waals surface area contributed by atoms with Gasteiger partial charge in [0.15, 0.2) is 0 Å². The van der Waals surface area contributed by atoms with Gasteiger partial charge in [-0.3, -0.25) is 9.59 Å². The Balaban J connectivity index is 2.92. The molecular weight excluding hydrogens is 239 g/mol. The molecule has 0 aromatic heterocycles. The highest BCUT2D eigenvalue weighted by molar-refractivity contribution is 5.93. The Hall–Kier alpha value is -2.11. The fourth-order valence-corrected chi connectivity index (χ4v) is 1.56. The predicted octanol–water partition coefficient (Wildman–Crippen LogP) is 1.59. The molecule has 0 aliphatic carbocycles. The number of nitrogens with two attached hydrogens (primary N) is 1. The number of primary amides is 1. The van der Waals surface area contributed by atoms with Crippen LogP contribution in [0.25, 0.3) is 0 Å². The zero-order valence-corrected chi connectivity index (χ0v) is 10.2. The number of carboxylic acids is 1. The molecule has 0 spiro atoms. The highest BCUT2D eigenvalue weighted by atomic mass is 19.1. The number of carboxylic acid groups (broad SMARTS) is 1. The van der Waals surface area contributed by atoms with Crippen LogP contribution in [0.4, 0.5) is 10.1 Å². The van der Waals surface area contributed by atoms with Gasteiger partial charge in [0.25, 0.3) is 0 Å². The molecule has 1 amide bonds. The first kappa shape index (κ1) is 14.0. The first-order chi connectivity index (χ1) is 8.21. The summed E-state index contributed by atoms with van der Waals surface area (Å²) in [6.45, 7) is 3.28. The second-order valence-electron chi connectivity index (χ2n) is 4.64. The highest BCUT2D eigenvalue weighted by Crippen LogP contribution is 2.22. The van der Waals surface area contributed by atoms with Crippen molar-refractivity contribution in [3.8, 4) is 0 Å². The van der Waals surface area contributed by atoms with Gasteiger partial charge in [-0.15, -0.1) is 0 Å². The first-order valence-corrected chi connectivity index (χ1v) is 5.30. The van der Waals surface area contributed by atoms with Crippen molar-refractivity contribution in [2.45, 2.75) is 25.8 Å². The van der Waals surface area contributed by atoms with Crippen molar-refractivity contribution >= 4 is 17.6 Å². The van der Waals surface area contributed by atoms with E-state index in [4.69, 9.17) is 10.8 Å². The maximum atomic E-state index is 13.7. The Morgan fingerprint density at radius 2 is 2.06 bits per heavy atom. The van der Waals surface area contributed by atoms with Crippen LogP contribution < -0.4 is 11.1 Å².